The molecule has 232 valence electrons. The van der Waals surface area contributed by atoms with Crippen LogP contribution < -0.4 is 10.6 Å². The third kappa shape index (κ3) is 12.6. The molecular formula is C29H32N6O6S3. The van der Waals surface area contributed by atoms with Crippen molar-refractivity contribution in [2.45, 2.75) is 39.2 Å². The minimum Gasteiger partial charge on any atom is -0.469 e. The lowest BCUT2D eigenvalue weighted by atomic mass is 10.1. The summed E-state index contributed by atoms with van der Waals surface area (Å²) in [5, 5.41) is 24.4. The van der Waals surface area contributed by atoms with Crippen LogP contribution >= 0.6 is 34.4 Å². The maximum absolute atomic E-state index is 12.7. The summed E-state index contributed by atoms with van der Waals surface area (Å²) in [6, 6.07) is 18.4. The zero-order valence-corrected chi connectivity index (χ0v) is 26.8. The molecule has 0 bridgehead atoms. The molecule has 2 aromatic carbocycles. The van der Waals surface area contributed by atoms with Crippen molar-refractivity contribution in [3.05, 3.63) is 81.8 Å². The Kier molecular flexibility index (Phi) is 14.4. The number of rotatable bonds is 13. The van der Waals surface area contributed by atoms with E-state index in [1.54, 1.807) is 36.0 Å². The highest BCUT2D eigenvalue weighted by Crippen LogP contribution is 2.23. The molecule has 0 aliphatic rings. The molecule has 2 amide bonds. The highest BCUT2D eigenvalue weighted by atomic mass is 32.2. The van der Waals surface area contributed by atoms with E-state index < -0.39 is 18.0 Å². The van der Waals surface area contributed by atoms with Gasteiger partial charge in [-0.3, -0.25) is 24.5 Å². The number of hydrogen-bond acceptors (Lipinski definition) is 13. The van der Waals surface area contributed by atoms with Crippen LogP contribution in [0.15, 0.2) is 60.7 Å². The molecule has 12 nitrogen and oxygen atoms in total. The van der Waals surface area contributed by atoms with Crippen LogP contribution in [0.4, 0.5) is 10.3 Å². The Morgan fingerprint density at radius 3 is 1.82 bits per heavy atom. The van der Waals surface area contributed by atoms with Gasteiger partial charge < -0.3 is 14.8 Å². The number of carbonyl (C=O) groups is 4. The van der Waals surface area contributed by atoms with Gasteiger partial charge in [0.2, 0.25) is 22.3 Å². The van der Waals surface area contributed by atoms with Crippen molar-refractivity contribution in [2.75, 3.05) is 29.2 Å². The summed E-state index contributed by atoms with van der Waals surface area (Å²) in [6.45, 7) is 2.62. The summed E-state index contributed by atoms with van der Waals surface area (Å²) in [5.74, 6) is 0.267. The van der Waals surface area contributed by atoms with Gasteiger partial charge in [0.25, 0.3) is 5.91 Å². The molecule has 0 aliphatic heterocycles. The quantitative estimate of drug-likeness (QED) is 0.154. The fourth-order valence-electron chi connectivity index (χ4n) is 3.41. The van der Waals surface area contributed by atoms with Gasteiger partial charge in [0.15, 0.2) is 0 Å². The van der Waals surface area contributed by atoms with E-state index in [1.165, 1.54) is 43.6 Å². The summed E-state index contributed by atoms with van der Waals surface area (Å²) < 4.78 is 9.33. The largest absolute Gasteiger partial charge is 0.469 e. The molecule has 1 unspecified atom stereocenters. The Bertz CT molecular complexity index is 1500. The maximum Gasteiger partial charge on any atom is 0.303 e. The molecule has 4 rings (SSSR count). The van der Waals surface area contributed by atoms with Gasteiger partial charge >= 0.3 is 11.9 Å². The summed E-state index contributed by atoms with van der Waals surface area (Å²) in [4.78, 5) is 46.0. The summed E-state index contributed by atoms with van der Waals surface area (Å²) in [5.41, 5.74) is 1.52. The van der Waals surface area contributed by atoms with E-state index in [0.717, 1.165) is 33.5 Å². The second-order valence-electron chi connectivity index (χ2n) is 8.91. The predicted octanol–water partition coefficient (Wildman–Crippen LogP) is 4.51. The molecule has 0 saturated carbocycles. The monoisotopic (exact) mass is 656 g/mol. The molecule has 0 radical (unpaired) electrons. The van der Waals surface area contributed by atoms with Gasteiger partial charge in [0.1, 0.15) is 10.0 Å². The number of amides is 2. The lowest BCUT2D eigenvalue weighted by molar-refractivity contribution is -0.152. The molecule has 2 aromatic heterocycles. The molecule has 0 saturated heterocycles. The fraction of sp³-hybridized carbons (Fsp3) is 0.310. The number of nitrogens with zero attached hydrogens (tertiary/aromatic N) is 4. The normalized spacial score (nSPS) is 11.0. The number of methoxy groups -OCH3 is 1. The van der Waals surface area contributed by atoms with Crippen LogP contribution in [0.3, 0.4) is 0 Å². The number of aryl methyl sites for hydroxylation is 2. The maximum atomic E-state index is 12.7. The van der Waals surface area contributed by atoms with Gasteiger partial charge in [-0.1, -0.05) is 83.3 Å². The van der Waals surface area contributed by atoms with Crippen molar-refractivity contribution in [1.29, 1.82) is 0 Å². The van der Waals surface area contributed by atoms with Crippen LogP contribution in [0.2, 0.25) is 0 Å². The number of ether oxygens (including phenoxy) is 2. The molecular weight excluding hydrogens is 625 g/mol. The average Bonchev–Trinajstić information content (AvgIpc) is 3.65. The average molecular weight is 657 g/mol. The SMILES string of the molecule is CC(=O)OC(C(=O)Nc1nnc(CCSCCc2nnc(NC(=O)Cc3ccccc3)s2)s1)c1ccccc1.COC(C)=O. The van der Waals surface area contributed by atoms with Crippen molar-refractivity contribution >= 4 is 68.5 Å². The van der Waals surface area contributed by atoms with Gasteiger partial charge in [-0.15, -0.1) is 20.4 Å². The van der Waals surface area contributed by atoms with Crippen molar-refractivity contribution in [3.63, 3.8) is 0 Å². The second kappa shape index (κ2) is 18.5. The standard InChI is InChI=1S/C26H26N6O4S3.C3H6O2/c1-17(33)36-23(19-10-6-3-7-11-19)24(35)28-26-32-30-22(39-26)13-15-37-14-12-21-29-31-25(38-21)27-20(34)16-18-8-4-2-5-9-18;1-3(4)5-2/h2-11,23H,12-16H2,1H3,(H,27,31,34)(H,28,32,35);1-2H3. The Hall–Kier alpha value is -4.21. The first kappa shape index (κ1) is 34.3. The molecule has 0 fully saturated rings. The molecule has 1 atom stereocenters. The number of nitrogens with one attached hydrogen (secondary N) is 2. The van der Waals surface area contributed by atoms with Crippen molar-refractivity contribution in [1.82, 2.24) is 20.4 Å². The number of carbonyl (C=O) groups excluding carboxylic acids is 4. The van der Waals surface area contributed by atoms with Crippen LogP contribution in [0.5, 0.6) is 0 Å². The molecule has 2 N–H and O–H groups in total. The number of benzene rings is 2. The predicted molar refractivity (Wildman–Crippen MR) is 171 cm³/mol. The number of thioether (sulfide) groups is 1. The van der Waals surface area contributed by atoms with E-state index in [2.05, 4.69) is 35.8 Å². The van der Waals surface area contributed by atoms with E-state index in [9.17, 15) is 19.2 Å². The zero-order valence-electron chi connectivity index (χ0n) is 24.3. The Morgan fingerprint density at radius 2 is 1.30 bits per heavy atom. The Balaban J connectivity index is 0.000000978. The minimum absolute atomic E-state index is 0.118. The van der Waals surface area contributed by atoms with Gasteiger partial charge in [0, 0.05) is 32.3 Å². The Morgan fingerprint density at radius 1 is 0.773 bits per heavy atom. The van der Waals surface area contributed by atoms with E-state index in [-0.39, 0.29) is 11.9 Å². The van der Waals surface area contributed by atoms with E-state index in [1.807, 2.05) is 36.4 Å². The summed E-state index contributed by atoms with van der Waals surface area (Å²) >= 11 is 4.41. The van der Waals surface area contributed by atoms with Gasteiger partial charge in [-0.2, -0.15) is 11.8 Å². The zero-order chi connectivity index (χ0) is 31.7. The van der Waals surface area contributed by atoms with E-state index in [0.29, 0.717) is 28.7 Å². The smallest absolute Gasteiger partial charge is 0.303 e. The fourth-order valence-corrected chi connectivity index (χ4v) is 6.05. The third-order valence-electron chi connectivity index (χ3n) is 5.45. The van der Waals surface area contributed by atoms with Crippen LogP contribution in [-0.2, 0) is 47.9 Å². The lowest BCUT2D eigenvalue weighted by Crippen LogP contribution is -2.25. The van der Waals surface area contributed by atoms with Crippen molar-refractivity contribution in [3.8, 4) is 0 Å². The number of aromatic nitrogens is 4. The third-order valence-corrected chi connectivity index (χ3v) is 8.23. The van der Waals surface area contributed by atoms with Gasteiger partial charge in [0.05, 0.1) is 13.5 Å². The molecule has 0 aliphatic carbocycles. The molecule has 4 aromatic rings. The topological polar surface area (TPSA) is 162 Å². The van der Waals surface area contributed by atoms with Crippen LogP contribution in [0.1, 0.15) is 41.1 Å². The van der Waals surface area contributed by atoms with Gasteiger partial charge in [-0.25, -0.2) is 0 Å². The lowest BCUT2D eigenvalue weighted by Gasteiger charge is -2.15. The summed E-state index contributed by atoms with van der Waals surface area (Å²) in [6.07, 6.45) is 0.666. The molecule has 2 heterocycles. The van der Waals surface area contributed by atoms with Crippen molar-refractivity contribution in [2.24, 2.45) is 0 Å². The number of hydrogen-bond donors (Lipinski definition) is 2. The highest BCUT2D eigenvalue weighted by molar-refractivity contribution is 7.99. The van der Waals surface area contributed by atoms with Crippen LogP contribution in [0.25, 0.3) is 0 Å². The second-order valence-corrected chi connectivity index (χ2v) is 12.3. The number of esters is 2. The highest BCUT2D eigenvalue weighted by Gasteiger charge is 2.25. The van der Waals surface area contributed by atoms with Crippen LogP contribution in [-0.4, -0.2) is 62.8 Å². The Labute approximate surface area is 267 Å². The first-order valence-electron chi connectivity index (χ1n) is 13.4. The minimum atomic E-state index is -1.07. The van der Waals surface area contributed by atoms with E-state index in [4.69, 9.17) is 4.74 Å². The van der Waals surface area contributed by atoms with Crippen molar-refractivity contribution < 1.29 is 28.7 Å². The molecule has 44 heavy (non-hydrogen) atoms. The molecule has 15 heteroatoms. The summed E-state index contributed by atoms with van der Waals surface area (Å²) in [7, 11) is 1.35. The first-order chi connectivity index (χ1) is 21.2. The number of anilines is 2. The van der Waals surface area contributed by atoms with E-state index >= 15 is 0 Å². The molecule has 0 spiro atoms. The first-order valence-corrected chi connectivity index (χ1v) is 16.2. The van der Waals surface area contributed by atoms with Crippen LogP contribution in [0, 0.1) is 0 Å². The van der Waals surface area contributed by atoms with Gasteiger partial charge in [-0.05, 0) is 17.1 Å².